The molecule has 4 nitrogen and oxygen atoms in total. The second-order valence-electron chi connectivity index (χ2n) is 3.91. The van der Waals surface area contributed by atoms with Gasteiger partial charge in [0.1, 0.15) is 6.61 Å². The fourth-order valence-electron chi connectivity index (χ4n) is 1.65. The average Bonchev–Trinajstić information content (AvgIpc) is 2.46. The molecule has 0 spiro atoms. The summed E-state index contributed by atoms with van der Waals surface area (Å²) in [5, 5.41) is 8.99. The molecule has 2 aromatic rings. The predicted octanol–water partition coefficient (Wildman–Crippen LogP) is 1.83. The molecule has 20 heavy (non-hydrogen) atoms. The van der Waals surface area contributed by atoms with Gasteiger partial charge in [-0.15, -0.1) is 0 Å². The number of carboxylic acid groups (broad SMARTS) is 1. The van der Waals surface area contributed by atoms with Gasteiger partial charge in [0.15, 0.2) is 0 Å². The van der Waals surface area contributed by atoms with Crippen LogP contribution in [0.15, 0.2) is 54.6 Å². The number of hydrogen-bond acceptors (Lipinski definition) is 3. The molecule has 0 radical (unpaired) electrons. The van der Waals surface area contributed by atoms with Gasteiger partial charge in [0.2, 0.25) is 0 Å². The van der Waals surface area contributed by atoms with E-state index in [2.05, 4.69) is 0 Å². The monoisotopic (exact) mass is 298 g/mol. The molecule has 5 heteroatoms. The topological polar surface area (TPSA) is 63.6 Å². The molecule has 2 aromatic carbocycles. The van der Waals surface area contributed by atoms with Crippen LogP contribution in [0.1, 0.15) is 26.3 Å². The Balaban J connectivity index is 0.00000200. The second-order valence-corrected chi connectivity index (χ2v) is 3.91. The van der Waals surface area contributed by atoms with Crippen molar-refractivity contribution in [3.05, 3.63) is 71.3 Å². The maximum absolute atomic E-state index is 11.9. The van der Waals surface area contributed by atoms with Crippen LogP contribution < -0.4 is 0 Å². The first-order chi connectivity index (χ1) is 9.18. The van der Waals surface area contributed by atoms with Gasteiger partial charge in [0.25, 0.3) is 0 Å². The molecule has 0 bridgehead atoms. The fourth-order valence-corrected chi connectivity index (χ4v) is 1.65. The molecule has 0 saturated heterocycles. The van der Waals surface area contributed by atoms with E-state index in [0.717, 1.165) is 5.56 Å². The fraction of sp³-hybridized carbons (Fsp3) is 0.0667. The molecule has 100 valence electrons. The van der Waals surface area contributed by atoms with Gasteiger partial charge in [-0.2, -0.15) is 0 Å². The number of carboxylic acids is 1. The molecule has 0 aliphatic heterocycles. The van der Waals surface area contributed by atoms with Crippen molar-refractivity contribution in [3.8, 4) is 0 Å². The zero-order valence-corrected chi connectivity index (χ0v) is 10.1. The van der Waals surface area contributed by atoms with Gasteiger partial charge in [0.05, 0.1) is 11.1 Å². The molecule has 0 saturated carbocycles. The van der Waals surface area contributed by atoms with Crippen molar-refractivity contribution in [3.63, 3.8) is 0 Å². The van der Waals surface area contributed by atoms with Crippen molar-refractivity contribution in [1.29, 1.82) is 0 Å². The molecule has 0 atom stereocenters. The standard InChI is InChI=1S/C15H12O4.Ca.2H/c16-14(17)12-8-4-5-9-13(12)15(18)19-10-11-6-2-1-3-7-11;;;/h1-9H,10H2,(H,16,17);;;. The summed E-state index contributed by atoms with van der Waals surface area (Å²) in [6.07, 6.45) is 0. The Bertz CT molecular complexity index is 596. The number of carbonyl (C=O) groups is 2. The van der Waals surface area contributed by atoms with Gasteiger partial charge in [-0.25, -0.2) is 9.59 Å². The van der Waals surface area contributed by atoms with Crippen LogP contribution in [0.5, 0.6) is 0 Å². The van der Waals surface area contributed by atoms with E-state index in [-0.39, 0.29) is 55.5 Å². The number of aromatic carboxylic acids is 1. The SMILES string of the molecule is O=C(O)c1ccccc1C(=O)OCc1ccccc1.[CaH2]. The van der Waals surface area contributed by atoms with Gasteiger partial charge in [-0.3, -0.25) is 0 Å². The van der Waals surface area contributed by atoms with Crippen LogP contribution >= 0.6 is 0 Å². The Morgan fingerprint density at radius 3 is 2.05 bits per heavy atom. The molecule has 0 heterocycles. The number of carbonyl (C=O) groups excluding carboxylic acids is 1. The summed E-state index contributed by atoms with van der Waals surface area (Å²) in [7, 11) is 0. The maximum atomic E-state index is 11.9. The Hall–Kier alpha value is -1.36. The van der Waals surface area contributed by atoms with Crippen LogP contribution in [0.25, 0.3) is 0 Å². The third-order valence-corrected chi connectivity index (χ3v) is 2.59. The van der Waals surface area contributed by atoms with Crippen molar-refractivity contribution in [1.82, 2.24) is 0 Å². The van der Waals surface area contributed by atoms with Crippen molar-refractivity contribution in [2.45, 2.75) is 6.61 Å². The molecule has 0 amide bonds. The molecule has 0 aromatic heterocycles. The molecule has 1 N–H and O–H groups in total. The van der Waals surface area contributed by atoms with Crippen LogP contribution in [-0.4, -0.2) is 54.8 Å². The van der Waals surface area contributed by atoms with Crippen LogP contribution in [0.3, 0.4) is 0 Å². The van der Waals surface area contributed by atoms with Crippen LogP contribution in [-0.2, 0) is 11.3 Å². The summed E-state index contributed by atoms with van der Waals surface area (Å²) in [5.74, 6) is -1.78. The molecular weight excluding hydrogens is 284 g/mol. The first kappa shape index (κ1) is 16.7. The van der Waals surface area contributed by atoms with Gasteiger partial charge in [-0.1, -0.05) is 42.5 Å². The van der Waals surface area contributed by atoms with E-state index in [4.69, 9.17) is 9.84 Å². The second kappa shape index (κ2) is 8.04. The third-order valence-electron chi connectivity index (χ3n) is 2.59. The Morgan fingerprint density at radius 1 is 0.900 bits per heavy atom. The van der Waals surface area contributed by atoms with Gasteiger partial charge < -0.3 is 9.84 Å². The Morgan fingerprint density at radius 2 is 1.45 bits per heavy atom. The first-order valence-corrected chi connectivity index (χ1v) is 5.72. The molecule has 2 rings (SSSR count). The van der Waals surface area contributed by atoms with Crippen LogP contribution in [0.4, 0.5) is 0 Å². The zero-order chi connectivity index (χ0) is 13.7. The predicted molar refractivity (Wildman–Crippen MR) is 77.5 cm³/mol. The van der Waals surface area contributed by atoms with E-state index >= 15 is 0 Å². The van der Waals surface area contributed by atoms with Crippen LogP contribution in [0.2, 0.25) is 0 Å². The number of hydrogen-bond donors (Lipinski definition) is 1. The molecule has 0 unspecified atom stereocenters. The summed E-state index contributed by atoms with van der Waals surface area (Å²) >= 11 is 0. The summed E-state index contributed by atoms with van der Waals surface area (Å²) in [6, 6.07) is 15.2. The third kappa shape index (κ3) is 4.34. The summed E-state index contributed by atoms with van der Waals surface area (Å²) in [6.45, 7) is 0.119. The van der Waals surface area contributed by atoms with Crippen molar-refractivity contribution in [2.75, 3.05) is 0 Å². The van der Waals surface area contributed by atoms with Crippen LogP contribution in [0, 0.1) is 0 Å². The number of benzene rings is 2. The van der Waals surface area contributed by atoms with E-state index in [1.807, 2.05) is 30.3 Å². The molecule has 0 aliphatic carbocycles. The van der Waals surface area contributed by atoms with Gasteiger partial charge >= 0.3 is 49.7 Å². The van der Waals surface area contributed by atoms with Crippen molar-refractivity contribution in [2.24, 2.45) is 0 Å². The summed E-state index contributed by atoms with van der Waals surface area (Å²) in [4.78, 5) is 22.9. The molecule has 0 aliphatic rings. The Labute approximate surface area is 146 Å². The molecular formula is C15H14CaO4. The average molecular weight is 298 g/mol. The number of rotatable bonds is 4. The van der Waals surface area contributed by atoms with Gasteiger partial charge in [-0.05, 0) is 17.7 Å². The van der Waals surface area contributed by atoms with E-state index < -0.39 is 11.9 Å². The minimum atomic E-state index is -1.15. The van der Waals surface area contributed by atoms with E-state index in [1.165, 1.54) is 12.1 Å². The molecule has 0 fully saturated rings. The van der Waals surface area contributed by atoms with Crippen molar-refractivity contribution >= 4 is 49.7 Å². The van der Waals surface area contributed by atoms with E-state index in [0.29, 0.717) is 0 Å². The minimum absolute atomic E-state index is 0. The quantitative estimate of drug-likeness (QED) is 0.691. The summed E-state index contributed by atoms with van der Waals surface area (Å²) < 4.78 is 5.10. The normalized spacial score (nSPS) is 9.40. The first-order valence-electron chi connectivity index (χ1n) is 5.72. The number of ether oxygens (including phenoxy) is 1. The summed E-state index contributed by atoms with van der Waals surface area (Å²) in [5.41, 5.74) is 0.857. The van der Waals surface area contributed by atoms with Crippen molar-refractivity contribution < 1.29 is 19.4 Å². The van der Waals surface area contributed by atoms with E-state index in [1.54, 1.807) is 12.1 Å². The van der Waals surface area contributed by atoms with Gasteiger partial charge in [0, 0.05) is 0 Å². The zero-order valence-electron chi connectivity index (χ0n) is 10.1. The Kier molecular flexibility index (Phi) is 6.71. The van der Waals surface area contributed by atoms with E-state index in [9.17, 15) is 9.59 Å². The number of esters is 1.